The molecule has 8 nitrogen and oxygen atoms in total. The predicted octanol–water partition coefficient (Wildman–Crippen LogP) is 1.98. The lowest BCUT2D eigenvalue weighted by Gasteiger charge is -2.33. The van der Waals surface area contributed by atoms with Crippen molar-refractivity contribution in [3.63, 3.8) is 0 Å². The van der Waals surface area contributed by atoms with E-state index in [4.69, 9.17) is 9.47 Å². The normalized spacial score (nSPS) is 24.3. The summed E-state index contributed by atoms with van der Waals surface area (Å²) >= 11 is 0. The molecule has 24 heavy (non-hydrogen) atoms. The SMILES string of the molecule is CC(C)(C)OC(=O)NNC1(C(=O)O)CCCC1C(=O)OC(C)(C)C. The second-order valence-corrected chi connectivity index (χ2v) is 8.01. The van der Waals surface area contributed by atoms with E-state index in [1.54, 1.807) is 41.5 Å². The van der Waals surface area contributed by atoms with E-state index in [-0.39, 0.29) is 6.42 Å². The van der Waals surface area contributed by atoms with E-state index in [9.17, 15) is 19.5 Å². The van der Waals surface area contributed by atoms with Crippen molar-refractivity contribution < 1.29 is 29.0 Å². The van der Waals surface area contributed by atoms with Gasteiger partial charge in [0.25, 0.3) is 0 Å². The maximum atomic E-state index is 12.4. The molecule has 2 atom stereocenters. The zero-order valence-electron chi connectivity index (χ0n) is 15.2. The predicted molar refractivity (Wildman–Crippen MR) is 86.1 cm³/mol. The van der Waals surface area contributed by atoms with Crippen molar-refractivity contribution >= 4 is 18.0 Å². The molecule has 0 aliphatic heterocycles. The number of hydrogen-bond donors (Lipinski definition) is 3. The summed E-state index contributed by atoms with van der Waals surface area (Å²) in [6.45, 7) is 10.2. The molecule has 0 radical (unpaired) electrons. The minimum absolute atomic E-state index is 0.196. The summed E-state index contributed by atoms with van der Waals surface area (Å²) in [4.78, 5) is 36.0. The smallest absolute Gasteiger partial charge is 0.422 e. The average Bonchev–Trinajstić information content (AvgIpc) is 2.77. The zero-order valence-corrected chi connectivity index (χ0v) is 15.2. The lowest BCUT2D eigenvalue weighted by molar-refractivity contribution is -0.168. The van der Waals surface area contributed by atoms with Gasteiger partial charge in [0.05, 0.1) is 5.92 Å². The molecule has 1 fully saturated rings. The Morgan fingerprint density at radius 2 is 1.58 bits per heavy atom. The van der Waals surface area contributed by atoms with Crippen molar-refractivity contribution in [1.82, 2.24) is 10.9 Å². The molecule has 1 amide bonds. The number of carboxylic acid groups (broad SMARTS) is 1. The highest BCUT2D eigenvalue weighted by Crippen LogP contribution is 2.37. The highest BCUT2D eigenvalue weighted by atomic mass is 16.6. The number of carbonyl (C=O) groups excluding carboxylic acids is 2. The first-order valence-electron chi connectivity index (χ1n) is 7.99. The highest BCUT2D eigenvalue weighted by Gasteiger charge is 2.54. The van der Waals surface area contributed by atoms with E-state index in [0.29, 0.717) is 12.8 Å². The van der Waals surface area contributed by atoms with Crippen LogP contribution < -0.4 is 10.9 Å². The van der Waals surface area contributed by atoms with Crippen molar-refractivity contribution in [2.75, 3.05) is 0 Å². The van der Waals surface area contributed by atoms with Crippen LogP contribution in [0, 0.1) is 5.92 Å². The molecule has 2 unspecified atom stereocenters. The molecular formula is C16H28N2O6. The summed E-state index contributed by atoms with van der Waals surface area (Å²) in [5.41, 5.74) is 1.71. The molecule has 1 rings (SSSR count). The second-order valence-electron chi connectivity index (χ2n) is 8.01. The lowest BCUT2D eigenvalue weighted by atomic mass is 9.87. The van der Waals surface area contributed by atoms with Gasteiger partial charge in [0.1, 0.15) is 16.7 Å². The van der Waals surface area contributed by atoms with Crippen LogP contribution in [0.5, 0.6) is 0 Å². The first kappa shape index (κ1) is 20.2. The topological polar surface area (TPSA) is 114 Å². The Morgan fingerprint density at radius 3 is 2.04 bits per heavy atom. The van der Waals surface area contributed by atoms with E-state index >= 15 is 0 Å². The van der Waals surface area contributed by atoms with Gasteiger partial charge in [0.15, 0.2) is 0 Å². The molecule has 0 bridgehead atoms. The molecule has 1 aliphatic rings. The molecular weight excluding hydrogens is 316 g/mol. The monoisotopic (exact) mass is 344 g/mol. The van der Waals surface area contributed by atoms with Crippen molar-refractivity contribution in [2.45, 2.75) is 77.5 Å². The second kappa shape index (κ2) is 6.96. The minimum Gasteiger partial charge on any atom is -0.480 e. The van der Waals surface area contributed by atoms with Crippen LogP contribution in [0.2, 0.25) is 0 Å². The van der Waals surface area contributed by atoms with Crippen LogP contribution in [-0.4, -0.2) is 39.9 Å². The average molecular weight is 344 g/mol. The maximum Gasteiger partial charge on any atom is 0.422 e. The van der Waals surface area contributed by atoms with Crippen molar-refractivity contribution in [1.29, 1.82) is 0 Å². The van der Waals surface area contributed by atoms with Crippen LogP contribution in [-0.2, 0) is 19.1 Å². The number of ether oxygens (including phenoxy) is 2. The summed E-state index contributed by atoms with van der Waals surface area (Å²) in [6.07, 6.45) is 0.281. The van der Waals surface area contributed by atoms with Crippen molar-refractivity contribution in [2.24, 2.45) is 5.92 Å². The van der Waals surface area contributed by atoms with E-state index in [1.165, 1.54) is 0 Å². The standard InChI is InChI=1S/C16H28N2O6/c1-14(2,3)23-11(19)10-8-7-9-16(10,12(20)21)18-17-13(22)24-15(4,5)6/h10,18H,7-9H2,1-6H3,(H,17,22)(H,20,21). The Bertz CT molecular complexity index is 506. The number of amides is 1. The number of nitrogens with one attached hydrogen (secondary N) is 2. The third-order valence-corrected chi connectivity index (χ3v) is 3.52. The van der Waals surface area contributed by atoms with Crippen LogP contribution in [0.15, 0.2) is 0 Å². The Hall–Kier alpha value is -1.83. The quantitative estimate of drug-likeness (QED) is 0.528. The Kier molecular flexibility index (Phi) is 5.86. The van der Waals surface area contributed by atoms with Gasteiger partial charge in [-0.2, -0.15) is 0 Å². The van der Waals surface area contributed by atoms with E-state index in [0.717, 1.165) is 0 Å². The van der Waals surface area contributed by atoms with Crippen molar-refractivity contribution in [3.8, 4) is 0 Å². The third-order valence-electron chi connectivity index (χ3n) is 3.52. The summed E-state index contributed by atoms with van der Waals surface area (Å²) in [6, 6.07) is 0. The fourth-order valence-corrected chi connectivity index (χ4v) is 2.62. The number of rotatable bonds is 4. The molecule has 0 heterocycles. The molecule has 8 heteroatoms. The van der Waals surface area contributed by atoms with E-state index in [1.807, 2.05) is 0 Å². The summed E-state index contributed by atoms with van der Waals surface area (Å²) in [7, 11) is 0. The number of aliphatic carboxylic acids is 1. The van der Waals surface area contributed by atoms with Gasteiger partial charge in [-0.15, -0.1) is 0 Å². The van der Waals surface area contributed by atoms with Gasteiger partial charge < -0.3 is 14.6 Å². The van der Waals surface area contributed by atoms with Gasteiger partial charge in [-0.25, -0.2) is 10.2 Å². The van der Waals surface area contributed by atoms with Crippen LogP contribution in [0.1, 0.15) is 60.8 Å². The first-order chi connectivity index (χ1) is 10.8. The molecule has 0 spiro atoms. The number of carbonyl (C=O) groups is 3. The zero-order chi connectivity index (χ0) is 18.8. The Morgan fingerprint density at radius 1 is 1.04 bits per heavy atom. The highest BCUT2D eigenvalue weighted by molar-refractivity contribution is 5.88. The van der Waals surface area contributed by atoms with Crippen LogP contribution in [0.25, 0.3) is 0 Å². The van der Waals surface area contributed by atoms with Gasteiger partial charge in [-0.3, -0.25) is 15.0 Å². The van der Waals surface area contributed by atoms with E-state index < -0.39 is 40.7 Å². The molecule has 138 valence electrons. The van der Waals surface area contributed by atoms with Crippen LogP contribution in [0.3, 0.4) is 0 Å². The third kappa shape index (κ3) is 5.36. The fourth-order valence-electron chi connectivity index (χ4n) is 2.62. The number of esters is 1. The van der Waals surface area contributed by atoms with Gasteiger partial charge in [-0.05, 0) is 60.8 Å². The Balaban J connectivity index is 2.88. The summed E-state index contributed by atoms with van der Waals surface area (Å²) in [5, 5.41) is 9.66. The van der Waals surface area contributed by atoms with Crippen molar-refractivity contribution in [3.05, 3.63) is 0 Å². The molecule has 1 saturated carbocycles. The lowest BCUT2D eigenvalue weighted by Crippen LogP contribution is -2.63. The van der Waals surface area contributed by atoms with E-state index in [2.05, 4.69) is 10.9 Å². The van der Waals surface area contributed by atoms with Gasteiger partial charge in [-0.1, -0.05) is 0 Å². The molecule has 0 aromatic carbocycles. The molecule has 3 N–H and O–H groups in total. The summed E-state index contributed by atoms with van der Waals surface area (Å²) in [5.74, 6) is -2.71. The first-order valence-corrected chi connectivity index (χ1v) is 7.99. The van der Waals surface area contributed by atoms with Crippen LogP contribution in [0.4, 0.5) is 4.79 Å². The molecule has 0 aromatic heterocycles. The van der Waals surface area contributed by atoms with Gasteiger partial charge in [0, 0.05) is 0 Å². The fraction of sp³-hybridized carbons (Fsp3) is 0.812. The Labute approximate surface area is 142 Å². The number of hydrogen-bond acceptors (Lipinski definition) is 6. The molecule has 1 aliphatic carbocycles. The van der Waals surface area contributed by atoms with Gasteiger partial charge in [0.2, 0.25) is 0 Å². The van der Waals surface area contributed by atoms with Crippen LogP contribution >= 0.6 is 0 Å². The molecule has 0 aromatic rings. The number of hydrazine groups is 1. The minimum atomic E-state index is -1.61. The van der Waals surface area contributed by atoms with Gasteiger partial charge >= 0.3 is 18.0 Å². The largest absolute Gasteiger partial charge is 0.480 e. The summed E-state index contributed by atoms with van der Waals surface area (Å²) < 4.78 is 10.4. The number of carboxylic acids is 1. The maximum absolute atomic E-state index is 12.4. The molecule has 0 saturated heterocycles.